The molecule has 2 atom stereocenters. The van der Waals surface area contributed by atoms with Gasteiger partial charge in [0.1, 0.15) is 5.76 Å². The van der Waals surface area contributed by atoms with Gasteiger partial charge in [0, 0.05) is 24.6 Å². The van der Waals surface area contributed by atoms with Gasteiger partial charge in [0.2, 0.25) is 5.91 Å². The second kappa shape index (κ2) is 4.33. The molecule has 1 heterocycles. The van der Waals surface area contributed by atoms with E-state index in [-0.39, 0.29) is 17.7 Å². The minimum absolute atomic E-state index is 0.0707. The number of carbonyl (C=O) groups excluding carboxylic acids is 1. The van der Waals surface area contributed by atoms with Crippen LogP contribution in [0, 0.1) is 5.92 Å². The van der Waals surface area contributed by atoms with E-state index in [9.17, 15) is 4.79 Å². The summed E-state index contributed by atoms with van der Waals surface area (Å²) in [6.45, 7) is 0. The third-order valence-electron chi connectivity index (χ3n) is 3.49. The van der Waals surface area contributed by atoms with Gasteiger partial charge in [0.25, 0.3) is 0 Å². The van der Waals surface area contributed by atoms with Crippen LogP contribution in [0.4, 0.5) is 5.69 Å². The van der Waals surface area contributed by atoms with Gasteiger partial charge in [-0.1, -0.05) is 18.2 Å². The highest BCUT2D eigenvalue weighted by Gasteiger charge is 2.47. The summed E-state index contributed by atoms with van der Waals surface area (Å²) in [7, 11) is 1.83. The van der Waals surface area contributed by atoms with E-state index in [1.165, 1.54) is 0 Å². The second-order valence-electron chi connectivity index (χ2n) is 4.70. The normalized spacial score (nSPS) is 21.6. The molecular weight excluding hydrogens is 226 g/mol. The van der Waals surface area contributed by atoms with Crippen molar-refractivity contribution in [3.05, 3.63) is 54.5 Å². The summed E-state index contributed by atoms with van der Waals surface area (Å²) in [6.07, 6.45) is 2.56. The zero-order valence-electron chi connectivity index (χ0n) is 10.2. The molecule has 1 aromatic heterocycles. The quantitative estimate of drug-likeness (QED) is 0.827. The third-order valence-corrected chi connectivity index (χ3v) is 3.49. The summed E-state index contributed by atoms with van der Waals surface area (Å²) in [6, 6.07) is 13.5. The fourth-order valence-electron chi connectivity index (χ4n) is 2.31. The Balaban J connectivity index is 1.70. The van der Waals surface area contributed by atoms with Gasteiger partial charge in [-0.3, -0.25) is 4.79 Å². The molecule has 1 amide bonds. The van der Waals surface area contributed by atoms with Gasteiger partial charge >= 0.3 is 0 Å². The van der Waals surface area contributed by atoms with E-state index in [1.807, 2.05) is 49.5 Å². The number of carbonyl (C=O) groups is 1. The average molecular weight is 241 g/mol. The highest BCUT2D eigenvalue weighted by molar-refractivity contribution is 5.96. The topological polar surface area (TPSA) is 33.5 Å². The first-order valence-corrected chi connectivity index (χ1v) is 6.13. The largest absolute Gasteiger partial charge is 0.469 e. The lowest BCUT2D eigenvalue weighted by molar-refractivity contribution is -0.119. The maximum Gasteiger partial charge on any atom is 0.230 e. The number of nitrogens with zero attached hydrogens (tertiary/aromatic N) is 1. The first kappa shape index (κ1) is 11.1. The number of anilines is 1. The number of benzene rings is 1. The molecule has 1 aromatic carbocycles. The molecule has 0 radical (unpaired) electrons. The molecule has 1 saturated carbocycles. The van der Waals surface area contributed by atoms with Crippen molar-refractivity contribution in [2.75, 3.05) is 11.9 Å². The monoisotopic (exact) mass is 241 g/mol. The van der Waals surface area contributed by atoms with Crippen LogP contribution in [0.3, 0.4) is 0 Å². The van der Waals surface area contributed by atoms with Crippen molar-refractivity contribution in [1.82, 2.24) is 0 Å². The number of furan rings is 1. The van der Waals surface area contributed by atoms with E-state index in [2.05, 4.69) is 0 Å². The Bertz CT molecular complexity index is 533. The predicted molar refractivity (Wildman–Crippen MR) is 69.4 cm³/mol. The van der Waals surface area contributed by atoms with Gasteiger partial charge in [0.15, 0.2) is 0 Å². The average Bonchev–Trinajstić information content (AvgIpc) is 3.03. The lowest BCUT2D eigenvalue weighted by Crippen LogP contribution is -2.28. The Morgan fingerprint density at radius 3 is 2.67 bits per heavy atom. The van der Waals surface area contributed by atoms with Crippen molar-refractivity contribution >= 4 is 11.6 Å². The standard InChI is InChI=1S/C15H15NO2/c1-16(11-6-3-2-4-7-11)15(17)13-10-12(13)14-8-5-9-18-14/h2-9,12-13H,10H2,1H3. The van der Waals surface area contributed by atoms with Crippen LogP contribution in [-0.2, 0) is 4.79 Å². The molecule has 0 spiro atoms. The van der Waals surface area contributed by atoms with E-state index in [0.717, 1.165) is 17.9 Å². The maximum atomic E-state index is 12.3. The SMILES string of the molecule is CN(C(=O)C1CC1c1ccco1)c1ccccc1. The van der Waals surface area contributed by atoms with Crippen molar-refractivity contribution in [2.45, 2.75) is 12.3 Å². The van der Waals surface area contributed by atoms with E-state index < -0.39 is 0 Å². The molecule has 92 valence electrons. The van der Waals surface area contributed by atoms with Gasteiger partial charge < -0.3 is 9.32 Å². The number of hydrogen-bond acceptors (Lipinski definition) is 2. The summed E-state index contributed by atoms with van der Waals surface area (Å²) < 4.78 is 5.35. The van der Waals surface area contributed by atoms with Crippen LogP contribution in [-0.4, -0.2) is 13.0 Å². The lowest BCUT2D eigenvalue weighted by atomic mass is 10.2. The fourth-order valence-corrected chi connectivity index (χ4v) is 2.31. The molecule has 1 aliphatic carbocycles. The van der Waals surface area contributed by atoms with E-state index in [0.29, 0.717) is 0 Å². The zero-order valence-corrected chi connectivity index (χ0v) is 10.2. The van der Waals surface area contributed by atoms with Crippen molar-refractivity contribution in [1.29, 1.82) is 0 Å². The smallest absolute Gasteiger partial charge is 0.230 e. The van der Waals surface area contributed by atoms with E-state index in [1.54, 1.807) is 11.2 Å². The van der Waals surface area contributed by atoms with Gasteiger partial charge in [-0.2, -0.15) is 0 Å². The molecule has 2 unspecified atom stereocenters. The summed E-state index contributed by atoms with van der Waals surface area (Å²) in [5.74, 6) is 1.43. The molecule has 0 bridgehead atoms. The fraction of sp³-hybridized carbons (Fsp3) is 0.267. The molecular formula is C15H15NO2. The number of amides is 1. The van der Waals surface area contributed by atoms with E-state index in [4.69, 9.17) is 4.42 Å². The van der Waals surface area contributed by atoms with Crippen LogP contribution in [0.25, 0.3) is 0 Å². The Kier molecular flexibility index (Phi) is 2.67. The number of para-hydroxylation sites is 1. The molecule has 1 fully saturated rings. The van der Waals surface area contributed by atoms with Crippen LogP contribution >= 0.6 is 0 Å². The van der Waals surface area contributed by atoms with Crippen LogP contribution in [0.1, 0.15) is 18.1 Å². The van der Waals surface area contributed by atoms with Crippen molar-refractivity contribution in [3.63, 3.8) is 0 Å². The highest BCUT2D eigenvalue weighted by Crippen LogP contribution is 2.48. The Morgan fingerprint density at radius 2 is 2.00 bits per heavy atom. The number of hydrogen-bond donors (Lipinski definition) is 0. The molecule has 3 heteroatoms. The highest BCUT2D eigenvalue weighted by atomic mass is 16.3. The van der Waals surface area contributed by atoms with Crippen LogP contribution in [0.2, 0.25) is 0 Å². The summed E-state index contributed by atoms with van der Waals surface area (Å²) in [5.41, 5.74) is 0.938. The third kappa shape index (κ3) is 1.92. The Hall–Kier alpha value is -2.03. The first-order chi connectivity index (χ1) is 8.77. The molecule has 0 aliphatic heterocycles. The summed E-state index contributed by atoms with van der Waals surface area (Å²) >= 11 is 0. The molecule has 1 aliphatic rings. The molecule has 0 N–H and O–H groups in total. The van der Waals surface area contributed by atoms with E-state index >= 15 is 0 Å². The van der Waals surface area contributed by atoms with Crippen LogP contribution in [0.15, 0.2) is 53.1 Å². The van der Waals surface area contributed by atoms with Gasteiger partial charge in [-0.05, 0) is 30.7 Å². The van der Waals surface area contributed by atoms with Crippen molar-refractivity contribution in [2.24, 2.45) is 5.92 Å². The molecule has 3 rings (SSSR count). The van der Waals surface area contributed by atoms with Crippen molar-refractivity contribution < 1.29 is 9.21 Å². The predicted octanol–water partition coefficient (Wildman–Crippen LogP) is 3.05. The second-order valence-corrected chi connectivity index (χ2v) is 4.70. The molecule has 3 nitrogen and oxygen atoms in total. The van der Waals surface area contributed by atoms with Gasteiger partial charge in [-0.25, -0.2) is 0 Å². The molecule has 0 saturated heterocycles. The van der Waals surface area contributed by atoms with Gasteiger partial charge in [0.05, 0.1) is 6.26 Å². The summed E-state index contributed by atoms with van der Waals surface area (Å²) in [4.78, 5) is 14.0. The number of rotatable bonds is 3. The minimum Gasteiger partial charge on any atom is -0.469 e. The summed E-state index contributed by atoms with van der Waals surface area (Å²) in [5, 5.41) is 0. The lowest BCUT2D eigenvalue weighted by Gasteiger charge is -2.17. The zero-order chi connectivity index (χ0) is 12.5. The minimum atomic E-state index is 0.0707. The van der Waals surface area contributed by atoms with Crippen molar-refractivity contribution in [3.8, 4) is 0 Å². The maximum absolute atomic E-state index is 12.3. The first-order valence-electron chi connectivity index (χ1n) is 6.13. The van der Waals surface area contributed by atoms with Crippen LogP contribution < -0.4 is 4.90 Å². The van der Waals surface area contributed by atoms with Crippen LogP contribution in [0.5, 0.6) is 0 Å². The molecule has 18 heavy (non-hydrogen) atoms. The molecule has 2 aromatic rings. The Morgan fingerprint density at radius 1 is 1.22 bits per heavy atom. The Labute approximate surface area is 106 Å². The van der Waals surface area contributed by atoms with Gasteiger partial charge in [-0.15, -0.1) is 0 Å².